The Bertz CT molecular complexity index is 1330. The quantitative estimate of drug-likeness (QED) is 0.412. The zero-order valence-electron chi connectivity index (χ0n) is 16.6. The predicted octanol–water partition coefficient (Wildman–Crippen LogP) is 5.39. The van der Waals surface area contributed by atoms with Crippen LogP contribution in [-0.2, 0) is 7.05 Å². The lowest BCUT2D eigenvalue weighted by atomic mass is 10.1. The van der Waals surface area contributed by atoms with E-state index in [-0.39, 0.29) is 6.61 Å². The molecular formula is C23H18ClN5OS. The molecule has 4 rings (SSSR count). The van der Waals surface area contributed by atoms with E-state index < -0.39 is 0 Å². The summed E-state index contributed by atoms with van der Waals surface area (Å²) in [7, 11) is 1.93. The lowest BCUT2D eigenvalue weighted by Gasteiger charge is -2.13. The summed E-state index contributed by atoms with van der Waals surface area (Å²) in [5.41, 5.74) is 3.54. The van der Waals surface area contributed by atoms with Gasteiger partial charge in [-0.3, -0.25) is 4.98 Å². The smallest absolute Gasteiger partial charge is 0.172 e. The van der Waals surface area contributed by atoms with E-state index >= 15 is 0 Å². The van der Waals surface area contributed by atoms with Crippen LogP contribution < -0.4 is 5.32 Å². The molecule has 2 heterocycles. The van der Waals surface area contributed by atoms with E-state index in [1.54, 1.807) is 18.5 Å². The first-order chi connectivity index (χ1) is 15.1. The van der Waals surface area contributed by atoms with Crippen molar-refractivity contribution in [3.63, 3.8) is 0 Å². The van der Waals surface area contributed by atoms with Gasteiger partial charge in [-0.15, -0.1) is 0 Å². The van der Waals surface area contributed by atoms with Crippen molar-refractivity contribution in [3.8, 4) is 6.07 Å². The lowest BCUT2D eigenvalue weighted by Crippen LogP contribution is -1.97. The Morgan fingerprint density at radius 2 is 2.13 bits per heavy atom. The highest BCUT2D eigenvalue weighted by atomic mass is 35.5. The van der Waals surface area contributed by atoms with Crippen molar-refractivity contribution in [1.82, 2.24) is 14.5 Å². The highest BCUT2D eigenvalue weighted by molar-refractivity contribution is 7.99. The molecule has 2 aromatic heterocycles. The number of pyridine rings is 1. The number of hydrogen-bond donors (Lipinski definition) is 2. The summed E-state index contributed by atoms with van der Waals surface area (Å²) in [4.78, 5) is 9.61. The van der Waals surface area contributed by atoms with Gasteiger partial charge in [0.05, 0.1) is 28.4 Å². The van der Waals surface area contributed by atoms with Crippen molar-refractivity contribution in [1.29, 1.82) is 5.26 Å². The number of benzene rings is 2. The number of aryl methyl sites for hydroxylation is 1. The van der Waals surface area contributed by atoms with Crippen molar-refractivity contribution in [2.45, 2.75) is 10.1 Å². The average molecular weight is 448 g/mol. The van der Waals surface area contributed by atoms with Crippen LogP contribution in [0, 0.1) is 11.3 Å². The van der Waals surface area contributed by atoms with E-state index in [4.69, 9.17) is 16.7 Å². The summed E-state index contributed by atoms with van der Waals surface area (Å²) in [6.07, 6.45) is 8.67. The van der Waals surface area contributed by atoms with Gasteiger partial charge in [-0.05, 0) is 29.8 Å². The molecule has 31 heavy (non-hydrogen) atoms. The van der Waals surface area contributed by atoms with Crippen LogP contribution >= 0.6 is 23.4 Å². The first-order valence-electron chi connectivity index (χ1n) is 9.41. The molecule has 0 radical (unpaired) electrons. The van der Waals surface area contributed by atoms with Gasteiger partial charge in [-0.25, -0.2) is 4.98 Å². The van der Waals surface area contributed by atoms with Gasteiger partial charge in [0.25, 0.3) is 0 Å². The van der Waals surface area contributed by atoms with Gasteiger partial charge in [0.2, 0.25) is 0 Å². The standard InChI is InChI=1S/C23H18ClN5OS/c1-29-9-8-26-23(29)31-21-7-5-17(12-19(21)24)28-22-16(13-25)14-27-20-11-15(3-2-10-30)4-6-18(20)22/h2-9,11-12,14,30H,10H2,1H3,(H,27,28). The van der Waals surface area contributed by atoms with Crippen LogP contribution in [0.1, 0.15) is 11.1 Å². The fourth-order valence-corrected chi connectivity index (χ4v) is 4.18. The van der Waals surface area contributed by atoms with E-state index in [1.807, 2.05) is 60.3 Å². The first kappa shape index (κ1) is 20.9. The number of nitrogens with one attached hydrogen (secondary N) is 1. The molecule has 0 atom stereocenters. The molecule has 0 spiro atoms. The number of hydrogen-bond acceptors (Lipinski definition) is 6. The minimum absolute atomic E-state index is 0.0270. The van der Waals surface area contributed by atoms with Gasteiger partial charge in [0.1, 0.15) is 6.07 Å². The Morgan fingerprint density at radius 1 is 1.26 bits per heavy atom. The number of fused-ring (bicyclic) bond motifs is 1. The van der Waals surface area contributed by atoms with Gasteiger partial charge in [-0.1, -0.05) is 47.6 Å². The molecule has 2 N–H and O–H groups in total. The highest BCUT2D eigenvalue weighted by Crippen LogP contribution is 2.36. The maximum Gasteiger partial charge on any atom is 0.172 e. The average Bonchev–Trinajstić information content (AvgIpc) is 3.18. The lowest BCUT2D eigenvalue weighted by molar-refractivity contribution is 0.343. The van der Waals surface area contributed by atoms with Crippen molar-refractivity contribution in [2.24, 2.45) is 7.05 Å². The van der Waals surface area contributed by atoms with Crippen LogP contribution in [0.15, 0.2) is 71.1 Å². The van der Waals surface area contributed by atoms with Crippen molar-refractivity contribution in [3.05, 3.63) is 77.2 Å². The second kappa shape index (κ2) is 9.23. The zero-order chi connectivity index (χ0) is 21.8. The van der Waals surface area contributed by atoms with E-state index in [0.29, 0.717) is 16.3 Å². The zero-order valence-corrected chi connectivity index (χ0v) is 18.2. The molecule has 154 valence electrons. The Hall–Kier alpha value is -3.31. The molecule has 0 saturated carbocycles. The number of nitrogens with zero attached hydrogens (tertiary/aromatic N) is 4. The van der Waals surface area contributed by atoms with E-state index in [0.717, 1.165) is 32.2 Å². The monoisotopic (exact) mass is 447 g/mol. The third-order valence-corrected chi connectivity index (χ3v) is 6.19. The van der Waals surface area contributed by atoms with Crippen molar-refractivity contribution < 1.29 is 5.11 Å². The van der Waals surface area contributed by atoms with Crippen molar-refractivity contribution in [2.75, 3.05) is 11.9 Å². The molecule has 0 bridgehead atoms. The van der Waals surface area contributed by atoms with Crippen LogP contribution in [0.4, 0.5) is 11.4 Å². The van der Waals surface area contributed by atoms with Gasteiger partial charge < -0.3 is 15.0 Å². The Morgan fingerprint density at radius 3 is 2.84 bits per heavy atom. The Kier molecular flexibility index (Phi) is 6.23. The van der Waals surface area contributed by atoms with Crippen LogP contribution in [0.3, 0.4) is 0 Å². The molecule has 8 heteroatoms. The number of imidazole rings is 1. The fraction of sp³-hybridized carbons (Fsp3) is 0.0870. The molecule has 2 aromatic carbocycles. The molecule has 0 amide bonds. The topological polar surface area (TPSA) is 86.8 Å². The van der Waals surface area contributed by atoms with Gasteiger partial charge in [-0.2, -0.15) is 5.26 Å². The molecule has 0 saturated heterocycles. The third kappa shape index (κ3) is 4.57. The predicted molar refractivity (Wildman–Crippen MR) is 125 cm³/mol. The van der Waals surface area contributed by atoms with Gasteiger partial charge in [0.15, 0.2) is 5.16 Å². The summed E-state index contributed by atoms with van der Waals surface area (Å²) >= 11 is 8.01. The van der Waals surface area contributed by atoms with Crippen molar-refractivity contribution >= 4 is 51.7 Å². The van der Waals surface area contributed by atoms with Gasteiger partial charge in [0, 0.05) is 41.6 Å². The molecule has 6 nitrogen and oxygen atoms in total. The summed E-state index contributed by atoms with van der Waals surface area (Å²) in [5, 5.41) is 24.2. The van der Waals surface area contributed by atoms with Gasteiger partial charge >= 0.3 is 0 Å². The number of nitriles is 1. The summed E-state index contributed by atoms with van der Waals surface area (Å²) in [5.74, 6) is 0. The molecule has 0 unspecified atom stereocenters. The number of aliphatic hydroxyl groups excluding tert-OH is 1. The minimum Gasteiger partial charge on any atom is -0.392 e. The summed E-state index contributed by atoms with van der Waals surface area (Å²) in [6, 6.07) is 13.6. The Balaban J connectivity index is 1.67. The second-order valence-corrected chi connectivity index (χ2v) is 8.13. The summed E-state index contributed by atoms with van der Waals surface area (Å²) < 4.78 is 1.93. The highest BCUT2D eigenvalue weighted by Gasteiger charge is 2.12. The number of halogens is 1. The second-order valence-electron chi connectivity index (χ2n) is 6.71. The number of aliphatic hydroxyl groups is 1. The molecule has 4 aromatic rings. The minimum atomic E-state index is -0.0270. The number of aromatic nitrogens is 3. The molecule has 0 aliphatic rings. The number of anilines is 2. The fourth-order valence-electron chi connectivity index (χ4n) is 3.08. The largest absolute Gasteiger partial charge is 0.392 e. The first-order valence-corrected chi connectivity index (χ1v) is 10.6. The molecule has 0 fully saturated rings. The van der Waals surface area contributed by atoms with E-state index in [9.17, 15) is 5.26 Å². The SMILES string of the molecule is Cn1ccnc1Sc1ccc(Nc2c(C#N)cnc3cc(C=CCO)ccc23)cc1Cl. The maximum atomic E-state index is 9.59. The van der Waals surface area contributed by atoms with Crippen LogP contribution in [0.5, 0.6) is 0 Å². The Labute approximate surface area is 188 Å². The maximum absolute atomic E-state index is 9.59. The normalized spacial score (nSPS) is 11.2. The van der Waals surface area contributed by atoms with Crippen LogP contribution in [0.25, 0.3) is 17.0 Å². The van der Waals surface area contributed by atoms with E-state index in [1.165, 1.54) is 11.8 Å². The van der Waals surface area contributed by atoms with Crippen LogP contribution in [-0.4, -0.2) is 26.2 Å². The summed E-state index contributed by atoms with van der Waals surface area (Å²) in [6.45, 7) is -0.0270. The molecular weight excluding hydrogens is 430 g/mol. The molecule has 0 aliphatic heterocycles. The van der Waals surface area contributed by atoms with Crippen LogP contribution in [0.2, 0.25) is 5.02 Å². The van der Waals surface area contributed by atoms with E-state index in [2.05, 4.69) is 21.4 Å². The number of rotatable bonds is 6. The third-order valence-electron chi connectivity index (χ3n) is 4.61. The molecule has 0 aliphatic carbocycles.